The molecule has 1 fully saturated rings. The summed E-state index contributed by atoms with van der Waals surface area (Å²) in [5, 5.41) is 3.22. The highest BCUT2D eigenvalue weighted by molar-refractivity contribution is 7.80. The van der Waals surface area contributed by atoms with Crippen LogP contribution in [0.3, 0.4) is 0 Å². The van der Waals surface area contributed by atoms with E-state index in [1.54, 1.807) is 5.01 Å². The minimum absolute atomic E-state index is 0.403. The molecule has 0 bridgehead atoms. The summed E-state index contributed by atoms with van der Waals surface area (Å²) in [6.07, 6.45) is 0. The maximum absolute atomic E-state index is 10.8. The van der Waals surface area contributed by atoms with Crippen molar-refractivity contribution in [3.05, 3.63) is 30.3 Å². The van der Waals surface area contributed by atoms with E-state index in [0.717, 1.165) is 5.69 Å². The molecule has 1 aliphatic heterocycles. The Kier molecular flexibility index (Phi) is 2.86. The van der Waals surface area contributed by atoms with Gasteiger partial charge in [0, 0.05) is 0 Å². The highest BCUT2D eigenvalue weighted by Crippen LogP contribution is 2.15. The zero-order valence-electron chi connectivity index (χ0n) is 8.18. The molecule has 2 rings (SSSR count). The maximum atomic E-state index is 10.8. The second-order valence-corrected chi connectivity index (χ2v) is 3.36. The van der Waals surface area contributed by atoms with Gasteiger partial charge >= 0.3 is 6.03 Å². The fraction of sp³-hybridized carbons (Fsp3) is 0. The molecule has 7 nitrogen and oxygen atoms in total. The van der Waals surface area contributed by atoms with E-state index in [2.05, 4.69) is 16.4 Å². The van der Waals surface area contributed by atoms with Gasteiger partial charge in [-0.1, -0.05) is 18.2 Å². The lowest BCUT2D eigenvalue weighted by Crippen LogP contribution is -2.56. The zero-order chi connectivity index (χ0) is 11.5. The fourth-order valence-corrected chi connectivity index (χ4v) is 1.51. The third kappa shape index (κ3) is 2.03. The van der Waals surface area contributed by atoms with Crippen molar-refractivity contribution in [1.82, 2.24) is 21.6 Å². The number of hydrogen-bond donors (Lipinski definition) is 4. The van der Waals surface area contributed by atoms with E-state index in [4.69, 9.17) is 18.0 Å². The van der Waals surface area contributed by atoms with Gasteiger partial charge in [0.15, 0.2) is 0 Å². The van der Waals surface area contributed by atoms with Gasteiger partial charge in [0.05, 0.1) is 5.69 Å². The molecule has 0 aromatic heterocycles. The molecule has 1 saturated heterocycles. The van der Waals surface area contributed by atoms with Gasteiger partial charge in [0.25, 0.3) is 0 Å². The number of carbonyl (C=O) groups excluding carboxylic acids is 1. The molecule has 8 heteroatoms. The summed E-state index contributed by atoms with van der Waals surface area (Å²) < 4.78 is 0. The van der Waals surface area contributed by atoms with Gasteiger partial charge in [-0.25, -0.2) is 15.2 Å². The summed E-state index contributed by atoms with van der Waals surface area (Å²) in [7, 11) is 0. The molecule has 0 radical (unpaired) electrons. The van der Waals surface area contributed by atoms with Crippen molar-refractivity contribution in [2.75, 3.05) is 5.01 Å². The van der Waals surface area contributed by atoms with Crippen molar-refractivity contribution in [3.63, 3.8) is 0 Å². The van der Waals surface area contributed by atoms with E-state index in [-0.39, 0.29) is 0 Å². The Morgan fingerprint density at radius 2 is 2.06 bits per heavy atom. The number of benzene rings is 1. The molecule has 0 atom stereocenters. The highest BCUT2D eigenvalue weighted by atomic mass is 32.1. The number of rotatable bonds is 2. The van der Waals surface area contributed by atoms with Crippen LogP contribution in [0.1, 0.15) is 0 Å². The topological polar surface area (TPSA) is 85.7 Å². The first-order valence-corrected chi connectivity index (χ1v) is 4.86. The zero-order valence-corrected chi connectivity index (χ0v) is 8.99. The normalized spacial score (nSPS) is 16.0. The molecule has 1 aliphatic rings. The predicted molar refractivity (Wildman–Crippen MR) is 62.3 cm³/mol. The van der Waals surface area contributed by atoms with E-state index < -0.39 is 6.03 Å². The summed E-state index contributed by atoms with van der Waals surface area (Å²) in [5.74, 6) is 0. The number of nitrogens with two attached hydrogens (primary N) is 1. The molecule has 1 heterocycles. The minimum atomic E-state index is -0.695. The summed E-state index contributed by atoms with van der Waals surface area (Å²) in [6.45, 7) is 0. The van der Waals surface area contributed by atoms with Crippen LogP contribution in [-0.4, -0.2) is 16.4 Å². The van der Waals surface area contributed by atoms with Gasteiger partial charge in [-0.15, -0.1) is 5.53 Å². The Balaban J connectivity index is 2.23. The number of hydrogen-bond acceptors (Lipinski definition) is 4. The van der Waals surface area contributed by atoms with E-state index in [9.17, 15) is 4.79 Å². The largest absolute Gasteiger partial charge is 0.350 e. The van der Waals surface area contributed by atoms with E-state index in [0.29, 0.717) is 5.11 Å². The number of primary amides is 1. The number of nitrogens with zero attached hydrogens (tertiary/aromatic N) is 2. The second kappa shape index (κ2) is 4.31. The molecular weight excluding hydrogens is 228 g/mol. The van der Waals surface area contributed by atoms with E-state index in [1.807, 2.05) is 30.3 Å². The highest BCUT2D eigenvalue weighted by Gasteiger charge is 2.27. The average Bonchev–Trinajstić information content (AvgIpc) is 2.60. The molecule has 16 heavy (non-hydrogen) atoms. The Hall–Kier alpha value is -1.90. The lowest BCUT2D eigenvalue weighted by Gasteiger charge is -2.25. The Labute approximate surface area is 97.1 Å². The Morgan fingerprint density at radius 3 is 2.69 bits per heavy atom. The van der Waals surface area contributed by atoms with Crippen LogP contribution in [0.4, 0.5) is 10.5 Å². The number of anilines is 1. The number of carbonyl (C=O) groups is 1. The van der Waals surface area contributed by atoms with Crippen molar-refractivity contribution < 1.29 is 4.79 Å². The van der Waals surface area contributed by atoms with Gasteiger partial charge in [-0.05, 0) is 29.6 Å². The minimum Gasteiger partial charge on any atom is -0.350 e. The van der Waals surface area contributed by atoms with Crippen LogP contribution in [0.2, 0.25) is 0 Å². The predicted octanol–water partition coefficient (Wildman–Crippen LogP) is -0.399. The first-order chi connectivity index (χ1) is 7.68. The van der Waals surface area contributed by atoms with Crippen molar-refractivity contribution in [3.8, 4) is 0 Å². The monoisotopic (exact) mass is 238 g/mol. The molecule has 2 amide bonds. The van der Waals surface area contributed by atoms with Gasteiger partial charge in [-0.3, -0.25) is 5.43 Å². The maximum Gasteiger partial charge on any atom is 0.329 e. The molecule has 84 valence electrons. The first-order valence-electron chi connectivity index (χ1n) is 4.45. The quantitative estimate of drug-likeness (QED) is 0.525. The van der Waals surface area contributed by atoms with Crippen LogP contribution in [0, 0.1) is 0 Å². The van der Waals surface area contributed by atoms with Crippen LogP contribution in [-0.2, 0) is 0 Å². The molecule has 5 N–H and O–H groups in total. The molecule has 0 saturated carbocycles. The first kappa shape index (κ1) is 10.6. The smallest absolute Gasteiger partial charge is 0.329 e. The van der Waals surface area contributed by atoms with Crippen LogP contribution in [0.5, 0.6) is 0 Å². The lowest BCUT2D eigenvalue weighted by atomic mass is 10.3. The summed E-state index contributed by atoms with van der Waals surface area (Å²) in [6, 6.07) is 8.60. The van der Waals surface area contributed by atoms with Gasteiger partial charge in [-0.2, -0.15) is 0 Å². The third-order valence-electron chi connectivity index (χ3n) is 1.88. The fourth-order valence-electron chi connectivity index (χ4n) is 1.28. The van der Waals surface area contributed by atoms with Crippen molar-refractivity contribution in [2.24, 2.45) is 5.73 Å². The molecule has 1 aromatic carbocycles. The second-order valence-electron chi connectivity index (χ2n) is 2.98. The lowest BCUT2D eigenvalue weighted by molar-refractivity contribution is 0.145. The number of hydrazine groups is 4. The van der Waals surface area contributed by atoms with E-state index in [1.165, 1.54) is 5.23 Å². The summed E-state index contributed by atoms with van der Waals surface area (Å²) in [4.78, 5) is 10.8. The van der Waals surface area contributed by atoms with Gasteiger partial charge in [0.1, 0.15) is 0 Å². The number of thiocarbonyl (C=S) groups is 1. The molecule has 0 spiro atoms. The van der Waals surface area contributed by atoms with Crippen LogP contribution in [0.25, 0.3) is 0 Å². The number of nitrogens with one attached hydrogen (secondary N) is 3. The van der Waals surface area contributed by atoms with Crippen LogP contribution >= 0.6 is 12.2 Å². The van der Waals surface area contributed by atoms with E-state index >= 15 is 0 Å². The Bertz CT molecular complexity index is 410. The number of urea groups is 1. The summed E-state index contributed by atoms with van der Waals surface area (Å²) in [5.41, 5.74) is 13.5. The SMILES string of the molecule is NC(=O)NN1NNC(=S)N1c1ccccc1. The molecule has 1 aromatic rings. The number of para-hydroxylation sites is 1. The molecular formula is C8H10N6OS. The third-order valence-corrected chi connectivity index (χ3v) is 2.15. The molecule has 0 aliphatic carbocycles. The summed E-state index contributed by atoms with van der Waals surface area (Å²) >= 11 is 5.07. The van der Waals surface area contributed by atoms with Crippen molar-refractivity contribution in [1.29, 1.82) is 0 Å². The van der Waals surface area contributed by atoms with Gasteiger partial charge < -0.3 is 5.73 Å². The van der Waals surface area contributed by atoms with Gasteiger partial charge in [0.2, 0.25) is 5.11 Å². The van der Waals surface area contributed by atoms with Crippen LogP contribution in [0.15, 0.2) is 30.3 Å². The van der Waals surface area contributed by atoms with Crippen molar-refractivity contribution in [2.45, 2.75) is 0 Å². The number of amides is 2. The standard InChI is InChI=1S/C8H10N6OS/c9-7(15)11-14-12-10-8(16)13(14)6-4-2-1-3-5-6/h1-5,12H,(H,10,16)(H3,9,11,15). The Morgan fingerprint density at radius 1 is 1.38 bits per heavy atom. The average molecular weight is 238 g/mol. The van der Waals surface area contributed by atoms with Crippen LogP contribution < -0.4 is 27.1 Å². The van der Waals surface area contributed by atoms with Crippen molar-refractivity contribution >= 4 is 29.0 Å². The molecule has 0 unspecified atom stereocenters.